The summed E-state index contributed by atoms with van der Waals surface area (Å²) in [5.74, 6) is 0.919. The number of hydrogen-bond donors (Lipinski definition) is 1. The first-order valence-corrected chi connectivity index (χ1v) is 6.29. The number of nitrogens with zero attached hydrogens (tertiary/aromatic N) is 4. The molecule has 1 saturated heterocycles. The first-order chi connectivity index (χ1) is 8.38. The summed E-state index contributed by atoms with van der Waals surface area (Å²) in [4.78, 5) is 13.4. The second-order valence-electron chi connectivity index (χ2n) is 4.43. The second kappa shape index (κ2) is 6.64. The summed E-state index contributed by atoms with van der Waals surface area (Å²) in [6.07, 6.45) is 4.71. The summed E-state index contributed by atoms with van der Waals surface area (Å²) in [5.41, 5.74) is 5.52. The van der Waals surface area contributed by atoms with Gasteiger partial charge in [0.2, 0.25) is 0 Å². The molecule has 0 saturated carbocycles. The Labute approximate surface area is 103 Å². The van der Waals surface area contributed by atoms with Crippen LogP contribution in [0.25, 0.3) is 0 Å². The molecule has 2 rings (SSSR count). The van der Waals surface area contributed by atoms with Crippen LogP contribution in [-0.2, 0) is 6.54 Å². The van der Waals surface area contributed by atoms with Gasteiger partial charge in [0.15, 0.2) is 0 Å². The summed E-state index contributed by atoms with van der Waals surface area (Å²) in [6, 6.07) is 1.86. The van der Waals surface area contributed by atoms with Crippen LogP contribution in [0.1, 0.15) is 12.2 Å². The fourth-order valence-corrected chi connectivity index (χ4v) is 2.10. The number of piperazine rings is 1. The Morgan fingerprint density at radius 1 is 1.06 bits per heavy atom. The van der Waals surface area contributed by atoms with E-state index in [1.165, 1.54) is 0 Å². The summed E-state index contributed by atoms with van der Waals surface area (Å²) in [7, 11) is 0. The van der Waals surface area contributed by atoms with Gasteiger partial charge in [-0.3, -0.25) is 4.90 Å². The molecular formula is C12H21N5. The largest absolute Gasteiger partial charge is 0.330 e. The Morgan fingerprint density at radius 3 is 2.35 bits per heavy atom. The van der Waals surface area contributed by atoms with Crippen molar-refractivity contribution in [3.63, 3.8) is 0 Å². The van der Waals surface area contributed by atoms with Crippen LogP contribution in [0.3, 0.4) is 0 Å². The fourth-order valence-electron chi connectivity index (χ4n) is 2.10. The predicted molar refractivity (Wildman–Crippen MR) is 67.4 cm³/mol. The van der Waals surface area contributed by atoms with Gasteiger partial charge < -0.3 is 10.6 Å². The minimum absolute atomic E-state index is 0.790. The van der Waals surface area contributed by atoms with Gasteiger partial charge in [0.25, 0.3) is 0 Å². The van der Waals surface area contributed by atoms with Crippen LogP contribution < -0.4 is 5.73 Å². The topological polar surface area (TPSA) is 58.3 Å². The Hall–Kier alpha value is -1.04. The molecule has 1 fully saturated rings. The fraction of sp³-hybridized carbons (Fsp3) is 0.667. The monoisotopic (exact) mass is 235 g/mol. The highest BCUT2D eigenvalue weighted by Gasteiger charge is 2.16. The van der Waals surface area contributed by atoms with E-state index < -0.39 is 0 Å². The van der Waals surface area contributed by atoms with Gasteiger partial charge >= 0.3 is 0 Å². The molecule has 5 nitrogen and oxygen atoms in total. The minimum atomic E-state index is 0.790. The third kappa shape index (κ3) is 4.03. The Morgan fingerprint density at radius 2 is 1.71 bits per heavy atom. The number of rotatable bonds is 5. The van der Waals surface area contributed by atoms with Crippen LogP contribution in [-0.4, -0.2) is 59.0 Å². The van der Waals surface area contributed by atoms with Gasteiger partial charge in [-0.25, -0.2) is 9.97 Å². The average molecular weight is 235 g/mol. The van der Waals surface area contributed by atoms with Gasteiger partial charge in [0.1, 0.15) is 5.82 Å². The molecule has 0 unspecified atom stereocenters. The lowest BCUT2D eigenvalue weighted by Gasteiger charge is -2.34. The standard InChI is InChI=1S/C12H21N5/c13-3-1-6-16-7-9-17(10-8-16)11-12-14-4-2-5-15-12/h2,4-5H,1,3,6-11,13H2. The van der Waals surface area contributed by atoms with E-state index in [2.05, 4.69) is 19.8 Å². The van der Waals surface area contributed by atoms with Crippen LogP contribution in [0.4, 0.5) is 0 Å². The molecule has 0 atom stereocenters. The second-order valence-corrected chi connectivity index (χ2v) is 4.43. The van der Waals surface area contributed by atoms with E-state index in [0.29, 0.717) is 0 Å². The SMILES string of the molecule is NCCCN1CCN(Cc2ncccn2)CC1. The molecule has 0 aromatic carbocycles. The van der Waals surface area contributed by atoms with Gasteiger partial charge in [0.05, 0.1) is 6.54 Å². The smallest absolute Gasteiger partial charge is 0.142 e. The summed E-state index contributed by atoms with van der Waals surface area (Å²) < 4.78 is 0. The quantitative estimate of drug-likeness (QED) is 0.775. The predicted octanol–water partition coefficient (Wildman–Crippen LogP) is -0.0570. The zero-order valence-electron chi connectivity index (χ0n) is 10.3. The third-order valence-electron chi connectivity index (χ3n) is 3.13. The molecule has 94 valence electrons. The molecule has 1 aromatic rings. The Bertz CT molecular complexity index is 308. The highest BCUT2D eigenvalue weighted by atomic mass is 15.3. The van der Waals surface area contributed by atoms with E-state index in [1.807, 2.05) is 6.07 Å². The molecule has 2 N–H and O–H groups in total. The number of hydrogen-bond acceptors (Lipinski definition) is 5. The molecule has 0 amide bonds. The first-order valence-electron chi connectivity index (χ1n) is 6.29. The number of aromatic nitrogens is 2. The highest BCUT2D eigenvalue weighted by Crippen LogP contribution is 2.05. The lowest BCUT2D eigenvalue weighted by atomic mass is 10.3. The van der Waals surface area contributed by atoms with Gasteiger partial charge in [0, 0.05) is 38.6 Å². The van der Waals surface area contributed by atoms with Gasteiger partial charge in [-0.15, -0.1) is 0 Å². The van der Waals surface area contributed by atoms with E-state index in [1.54, 1.807) is 12.4 Å². The van der Waals surface area contributed by atoms with Crippen LogP contribution in [0.15, 0.2) is 18.5 Å². The van der Waals surface area contributed by atoms with E-state index >= 15 is 0 Å². The van der Waals surface area contributed by atoms with Crippen molar-refractivity contribution in [1.29, 1.82) is 0 Å². The zero-order chi connectivity index (χ0) is 11.9. The molecule has 0 spiro atoms. The van der Waals surface area contributed by atoms with Crippen molar-refractivity contribution in [1.82, 2.24) is 19.8 Å². The molecule has 1 aliphatic rings. The Balaban J connectivity index is 1.72. The van der Waals surface area contributed by atoms with Crippen molar-refractivity contribution in [2.75, 3.05) is 39.3 Å². The highest BCUT2D eigenvalue weighted by molar-refractivity contribution is 4.89. The molecule has 5 heteroatoms. The van der Waals surface area contributed by atoms with E-state index in [4.69, 9.17) is 5.73 Å². The lowest BCUT2D eigenvalue weighted by molar-refractivity contribution is 0.124. The minimum Gasteiger partial charge on any atom is -0.330 e. The van der Waals surface area contributed by atoms with Crippen molar-refractivity contribution in [2.24, 2.45) is 5.73 Å². The van der Waals surface area contributed by atoms with Crippen molar-refractivity contribution in [3.8, 4) is 0 Å². The molecule has 2 heterocycles. The van der Waals surface area contributed by atoms with Crippen LogP contribution in [0.5, 0.6) is 0 Å². The first kappa shape index (κ1) is 12.4. The maximum absolute atomic E-state index is 5.52. The lowest BCUT2D eigenvalue weighted by Crippen LogP contribution is -2.46. The zero-order valence-corrected chi connectivity index (χ0v) is 10.3. The van der Waals surface area contributed by atoms with E-state index in [9.17, 15) is 0 Å². The average Bonchev–Trinajstić information content (AvgIpc) is 2.39. The van der Waals surface area contributed by atoms with Gasteiger partial charge in [-0.05, 0) is 25.6 Å². The van der Waals surface area contributed by atoms with Crippen LogP contribution in [0, 0.1) is 0 Å². The van der Waals surface area contributed by atoms with Crippen LogP contribution >= 0.6 is 0 Å². The molecule has 17 heavy (non-hydrogen) atoms. The molecule has 0 aliphatic carbocycles. The van der Waals surface area contributed by atoms with Gasteiger partial charge in [-0.1, -0.05) is 0 Å². The molecule has 0 bridgehead atoms. The van der Waals surface area contributed by atoms with Crippen LogP contribution in [0.2, 0.25) is 0 Å². The molecule has 0 radical (unpaired) electrons. The van der Waals surface area contributed by atoms with Crippen molar-refractivity contribution in [3.05, 3.63) is 24.3 Å². The third-order valence-corrected chi connectivity index (χ3v) is 3.13. The Kier molecular flexibility index (Phi) is 4.85. The summed E-state index contributed by atoms with van der Waals surface area (Å²) in [6.45, 7) is 7.25. The van der Waals surface area contributed by atoms with Gasteiger partial charge in [-0.2, -0.15) is 0 Å². The van der Waals surface area contributed by atoms with Crippen molar-refractivity contribution in [2.45, 2.75) is 13.0 Å². The summed E-state index contributed by atoms with van der Waals surface area (Å²) >= 11 is 0. The summed E-state index contributed by atoms with van der Waals surface area (Å²) in [5, 5.41) is 0. The van der Waals surface area contributed by atoms with Crippen molar-refractivity contribution >= 4 is 0 Å². The van der Waals surface area contributed by atoms with E-state index in [0.717, 1.165) is 58.1 Å². The normalized spacial score (nSPS) is 18.4. The number of nitrogens with two attached hydrogens (primary N) is 1. The maximum atomic E-state index is 5.52. The van der Waals surface area contributed by atoms with E-state index in [-0.39, 0.29) is 0 Å². The molecule has 1 aliphatic heterocycles. The molecule has 1 aromatic heterocycles. The molecular weight excluding hydrogens is 214 g/mol. The van der Waals surface area contributed by atoms with Crippen molar-refractivity contribution < 1.29 is 0 Å². The maximum Gasteiger partial charge on any atom is 0.142 e.